The van der Waals surface area contributed by atoms with E-state index in [1.807, 2.05) is 38.2 Å². The third kappa shape index (κ3) is 4.88. The topological polar surface area (TPSA) is 79.3 Å². The molecule has 5 nitrogen and oxygen atoms in total. The van der Waals surface area contributed by atoms with E-state index in [1.165, 1.54) is 0 Å². The summed E-state index contributed by atoms with van der Waals surface area (Å²) in [5.74, 6) is -0.143. The van der Waals surface area contributed by atoms with Crippen LogP contribution < -0.4 is 5.32 Å². The zero-order valence-electron chi connectivity index (χ0n) is 17.7. The van der Waals surface area contributed by atoms with Crippen LogP contribution in [-0.2, 0) is 15.2 Å². The van der Waals surface area contributed by atoms with Gasteiger partial charge in [0.1, 0.15) is 0 Å². The van der Waals surface area contributed by atoms with E-state index in [-0.39, 0.29) is 23.7 Å². The number of pyridine rings is 1. The minimum atomic E-state index is -0.935. The molecule has 0 aliphatic heterocycles. The van der Waals surface area contributed by atoms with Crippen molar-refractivity contribution in [2.75, 3.05) is 0 Å². The summed E-state index contributed by atoms with van der Waals surface area (Å²) in [6.07, 6.45) is 4.66. The quantitative estimate of drug-likeness (QED) is 0.413. The number of imide groups is 1. The Bertz CT molecular complexity index is 866. The van der Waals surface area contributed by atoms with Crippen molar-refractivity contribution < 1.29 is 14.7 Å². The summed E-state index contributed by atoms with van der Waals surface area (Å²) < 4.78 is 0. The summed E-state index contributed by atoms with van der Waals surface area (Å²) in [7, 11) is 0. The molecule has 0 saturated carbocycles. The van der Waals surface area contributed by atoms with E-state index in [9.17, 15) is 14.7 Å². The molecule has 0 fully saturated rings. The number of hydrogen-bond donors (Lipinski definition) is 2. The van der Waals surface area contributed by atoms with Gasteiger partial charge in [0.2, 0.25) is 6.41 Å². The predicted molar refractivity (Wildman–Crippen MR) is 117 cm³/mol. The molecule has 0 spiro atoms. The first-order valence-electron chi connectivity index (χ1n) is 10.2. The molecular formula is C23H31N2O3Se. The summed E-state index contributed by atoms with van der Waals surface area (Å²) in [5, 5.41) is 15.6. The van der Waals surface area contributed by atoms with Gasteiger partial charge in [-0.3, -0.25) is 14.9 Å². The van der Waals surface area contributed by atoms with Crippen LogP contribution in [0.25, 0.3) is 10.9 Å². The maximum absolute atomic E-state index is 11.6. The number of carbonyl (C=O) groups is 2. The van der Waals surface area contributed by atoms with E-state index in [1.54, 1.807) is 0 Å². The van der Waals surface area contributed by atoms with Gasteiger partial charge in [-0.25, -0.2) is 0 Å². The van der Waals surface area contributed by atoms with Gasteiger partial charge >= 0.3 is 160 Å². The van der Waals surface area contributed by atoms with Crippen LogP contribution in [0.5, 0.6) is 0 Å². The molecule has 1 aromatic carbocycles. The molecule has 2 N–H and O–H groups in total. The number of hydrogen-bond acceptors (Lipinski definition) is 4. The number of fused-ring (bicyclic) bond motifs is 1. The minimum absolute atomic E-state index is 0.129. The van der Waals surface area contributed by atoms with E-state index in [0.29, 0.717) is 19.3 Å². The molecule has 0 aliphatic carbocycles. The second kappa shape index (κ2) is 9.84. The molecule has 1 radical (unpaired) electrons. The Morgan fingerprint density at radius 1 is 1.31 bits per heavy atom. The van der Waals surface area contributed by atoms with Gasteiger partial charge in [0.25, 0.3) is 0 Å². The van der Waals surface area contributed by atoms with E-state index >= 15 is 0 Å². The molecule has 2 amide bonds. The average Bonchev–Trinajstić information content (AvgIpc) is 2.75. The molecule has 2 rings (SSSR count). The van der Waals surface area contributed by atoms with Crippen LogP contribution in [0, 0.1) is 5.41 Å². The first kappa shape index (κ1) is 23.5. The molecule has 0 bridgehead atoms. The molecule has 1 aromatic heterocycles. The van der Waals surface area contributed by atoms with Crippen LogP contribution in [0.1, 0.15) is 70.4 Å². The van der Waals surface area contributed by atoms with Crippen molar-refractivity contribution >= 4 is 39.2 Å². The van der Waals surface area contributed by atoms with Crippen molar-refractivity contribution in [3.8, 4) is 0 Å². The summed E-state index contributed by atoms with van der Waals surface area (Å²) in [6, 6.07) is 8.08. The molecule has 157 valence electrons. The molecular weight excluding hydrogens is 431 g/mol. The number of amides is 2. The molecule has 0 aliphatic rings. The van der Waals surface area contributed by atoms with Crippen LogP contribution in [0.15, 0.2) is 30.5 Å². The fourth-order valence-corrected chi connectivity index (χ4v) is 4.75. The van der Waals surface area contributed by atoms with Crippen LogP contribution >= 0.6 is 0 Å². The van der Waals surface area contributed by atoms with Crippen LogP contribution in [0.2, 0.25) is 5.32 Å². The average molecular weight is 462 g/mol. The van der Waals surface area contributed by atoms with Crippen molar-refractivity contribution in [3.05, 3.63) is 41.6 Å². The third-order valence-electron chi connectivity index (χ3n) is 6.38. The van der Waals surface area contributed by atoms with Gasteiger partial charge in [0, 0.05) is 0 Å². The van der Waals surface area contributed by atoms with E-state index in [0.717, 1.165) is 33.8 Å². The van der Waals surface area contributed by atoms with Gasteiger partial charge in [-0.05, 0) is 0 Å². The first-order valence-corrected chi connectivity index (χ1v) is 11.4. The Hall–Kier alpha value is -1.75. The summed E-state index contributed by atoms with van der Waals surface area (Å²) in [6.45, 7) is 8.30. The zero-order chi connectivity index (χ0) is 21.7. The molecule has 2 aromatic rings. The second-order valence-corrected chi connectivity index (χ2v) is 8.68. The Morgan fingerprint density at radius 2 is 2.03 bits per heavy atom. The fourth-order valence-electron chi connectivity index (χ4n) is 3.82. The number of nitrogens with zero attached hydrogens (tertiary/aromatic N) is 1. The van der Waals surface area contributed by atoms with Crippen molar-refractivity contribution in [1.29, 1.82) is 0 Å². The van der Waals surface area contributed by atoms with E-state index < -0.39 is 5.60 Å². The first-order chi connectivity index (χ1) is 13.7. The number of carbonyl (C=O) groups excluding carboxylic acids is 2. The molecule has 3 atom stereocenters. The van der Waals surface area contributed by atoms with Crippen molar-refractivity contribution in [1.82, 2.24) is 10.3 Å². The van der Waals surface area contributed by atoms with E-state index in [4.69, 9.17) is 0 Å². The third-order valence-corrected chi connectivity index (χ3v) is 7.72. The SMILES string of the molecule is CCC(C)(C[Se])C(O)(CC)c1ccc2ncc(C(C)CCC(=O)NC=O)cc2c1. The summed E-state index contributed by atoms with van der Waals surface area (Å²) in [4.78, 5) is 26.5. The summed E-state index contributed by atoms with van der Waals surface area (Å²) in [5.41, 5.74) is 1.62. The fraction of sp³-hybridized carbons (Fsp3) is 0.522. The van der Waals surface area contributed by atoms with Gasteiger partial charge in [0.15, 0.2) is 0 Å². The van der Waals surface area contributed by atoms with Crippen molar-refractivity contribution in [3.63, 3.8) is 0 Å². The summed E-state index contributed by atoms with van der Waals surface area (Å²) >= 11 is 3.11. The number of aliphatic hydroxyl groups is 1. The van der Waals surface area contributed by atoms with Crippen LogP contribution in [-0.4, -0.2) is 38.4 Å². The van der Waals surface area contributed by atoms with Gasteiger partial charge in [-0.1, -0.05) is 0 Å². The van der Waals surface area contributed by atoms with Crippen molar-refractivity contribution in [2.24, 2.45) is 5.41 Å². The van der Waals surface area contributed by atoms with Gasteiger partial charge < -0.3 is 0 Å². The number of rotatable bonds is 10. The van der Waals surface area contributed by atoms with Crippen LogP contribution in [0.3, 0.4) is 0 Å². The Kier molecular flexibility index (Phi) is 7.98. The predicted octanol–water partition coefficient (Wildman–Crippen LogP) is 3.99. The molecule has 0 saturated heterocycles. The molecule has 6 heteroatoms. The Morgan fingerprint density at radius 3 is 2.62 bits per heavy atom. The Balaban J connectivity index is 2.37. The normalized spacial score (nSPS) is 16.6. The van der Waals surface area contributed by atoms with Gasteiger partial charge in [-0.2, -0.15) is 0 Å². The zero-order valence-corrected chi connectivity index (χ0v) is 19.4. The van der Waals surface area contributed by atoms with Crippen LogP contribution in [0.4, 0.5) is 0 Å². The monoisotopic (exact) mass is 463 g/mol. The molecule has 29 heavy (non-hydrogen) atoms. The Labute approximate surface area is 181 Å². The molecule has 3 unspecified atom stereocenters. The number of nitrogens with one attached hydrogen (secondary N) is 1. The molecule has 1 heterocycles. The number of benzene rings is 1. The standard InChI is InChI=1S/C23H31N2O3Se/c1-5-22(4,14-29)23(28,6-2)19-8-9-20-17(12-19)11-18(13-24-20)16(3)7-10-21(27)25-15-26/h8-9,11-13,15-16,28H,5-7,10,14H2,1-4H3,(H,25,26,27). The number of aromatic nitrogens is 1. The maximum atomic E-state index is 11.6. The van der Waals surface area contributed by atoms with Gasteiger partial charge in [0.05, 0.1) is 0 Å². The van der Waals surface area contributed by atoms with Crippen molar-refractivity contribution in [2.45, 2.75) is 70.2 Å². The second-order valence-electron chi connectivity index (χ2n) is 8.07. The van der Waals surface area contributed by atoms with E-state index in [2.05, 4.69) is 46.2 Å². The van der Waals surface area contributed by atoms with Gasteiger partial charge in [-0.15, -0.1) is 0 Å².